The third kappa shape index (κ3) is 6.94. The maximum absolute atomic E-state index is 10.8. The van der Waals surface area contributed by atoms with E-state index in [9.17, 15) is 14.7 Å². The van der Waals surface area contributed by atoms with E-state index in [-0.39, 0.29) is 40.9 Å². The Morgan fingerprint density at radius 3 is 1.86 bits per heavy atom. The van der Waals surface area contributed by atoms with Crippen molar-refractivity contribution in [2.75, 3.05) is 7.11 Å². The number of hydrogen-bond acceptors (Lipinski definition) is 5. The normalized spacial score (nSPS) is 8.62. The Balaban J connectivity index is 0.000000370. The molecule has 0 fully saturated rings. The van der Waals surface area contributed by atoms with E-state index < -0.39 is 11.9 Å². The van der Waals surface area contributed by atoms with Gasteiger partial charge in [-0.1, -0.05) is 30.3 Å². The maximum atomic E-state index is 10.8. The van der Waals surface area contributed by atoms with Gasteiger partial charge in [-0.25, -0.2) is 4.79 Å². The van der Waals surface area contributed by atoms with Crippen LogP contribution in [-0.4, -0.2) is 24.2 Å². The van der Waals surface area contributed by atoms with Gasteiger partial charge < -0.3 is 19.7 Å². The van der Waals surface area contributed by atoms with Crippen LogP contribution in [0.25, 0.3) is 0 Å². The number of rotatable bonds is 2. The van der Waals surface area contributed by atoms with Gasteiger partial charge >= 0.3 is 35.5 Å². The number of methoxy groups -OCH3 is 1. The fourth-order valence-corrected chi connectivity index (χ4v) is 1.29. The molecule has 6 heteroatoms. The predicted octanol–water partition coefficient (Wildman–Crippen LogP) is -1.77. The second-order valence-electron chi connectivity index (χ2n) is 3.69. The molecule has 0 bridgehead atoms. The number of carbonyl (C=O) groups is 2. The van der Waals surface area contributed by atoms with Gasteiger partial charge in [0.25, 0.3) is 0 Å². The molecule has 0 saturated carbocycles. The second-order valence-corrected chi connectivity index (χ2v) is 3.69. The molecule has 0 aliphatic heterocycles. The zero-order valence-electron chi connectivity index (χ0n) is 11.8. The molecule has 2 rings (SSSR count). The number of phenolic OH excluding ortho intramolecular Hbond substituents is 1. The molecule has 2 aromatic carbocycles. The van der Waals surface area contributed by atoms with E-state index in [0.717, 1.165) is 0 Å². The minimum atomic E-state index is -1.13. The first kappa shape index (κ1) is 19.2. The molecule has 0 heterocycles. The minimum absolute atomic E-state index is 0. The molecule has 0 radical (unpaired) electrons. The van der Waals surface area contributed by atoms with Gasteiger partial charge in [-0.05, 0) is 29.8 Å². The van der Waals surface area contributed by atoms with Crippen LogP contribution in [0.2, 0.25) is 0 Å². The Kier molecular flexibility index (Phi) is 9.12. The van der Waals surface area contributed by atoms with Crippen LogP contribution in [-0.2, 0) is 4.74 Å². The third-order valence-electron chi connectivity index (χ3n) is 2.30. The number of carbonyl (C=O) groups excluding carboxylic acids is 2. The zero-order valence-corrected chi connectivity index (χ0v) is 13.8. The fraction of sp³-hybridized carbons (Fsp3) is 0.0667. The van der Waals surface area contributed by atoms with E-state index in [2.05, 4.69) is 4.74 Å². The quantitative estimate of drug-likeness (QED) is 0.524. The van der Waals surface area contributed by atoms with Crippen molar-refractivity contribution in [3.05, 3.63) is 65.7 Å². The Bertz CT molecular complexity index is 566. The molecule has 0 aromatic heterocycles. The van der Waals surface area contributed by atoms with Crippen LogP contribution < -0.4 is 34.7 Å². The molecule has 104 valence electrons. The predicted molar refractivity (Wildman–Crippen MR) is 70.2 cm³/mol. The zero-order chi connectivity index (χ0) is 15.0. The molecular formula is C15H13NaO5. The van der Waals surface area contributed by atoms with Gasteiger partial charge in [0.2, 0.25) is 0 Å². The van der Waals surface area contributed by atoms with Crippen LogP contribution in [0.1, 0.15) is 20.7 Å². The molecule has 0 spiro atoms. The van der Waals surface area contributed by atoms with E-state index in [1.807, 2.05) is 0 Å². The molecule has 5 nitrogen and oxygen atoms in total. The molecule has 0 aliphatic rings. The van der Waals surface area contributed by atoms with E-state index in [4.69, 9.17) is 5.11 Å². The van der Waals surface area contributed by atoms with Crippen LogP contribution in [0.15, 0.2) is 54.6 Å². The summed E-state index contributed by atoms with van der Waals surface area (Å²) in [6.07, 6.45) is 0. The van der Waals surface area contributed by atoms with Crippen molar-refractivity contribution in [1.82, 2.24) is 0 Å². The third-order valence-corrected chi connectivity index (χ3v) is 2.30. The average molecular weight is 296 g/mol. The van der Waals surface area contributed by atoms with Gasteiger partial charge in [-0.15, -0.1) is 0 Å². The second kappa shape index (κ2) is 9.99. The number of phenols is 1. The smallest absolute Gasteiger partial charge is 0.545 e. The molecule has 2 aromatic rings. The van der Waals surface area contributed by atoms with E-state index >= 15 is 0 Å². The van der Waals surface area contributed by atoms with Gasteiger partial charge in [-0.3, -0.25) is 0 Å². The first-order chi connectivity index (χ1) is 9.54. The first-order valence-corrected chi connectivity index (χ1v) is 5.68. The van der Waals surface area contributed by atoms with Crippen LogP contribution in [0.4, 0.5) is 0 Å². The van der Waals surface area contributed by atoms with Crippen LogP contribution in [0.5, 0.6) is 5.75 Å². The van der Waals surface area contributed by atoms with Crippen molar-refractivity contribution in [2.45, 2.75) is 0 Å². The number of benzene rings is 2. The maximum Gasteiger partial charge on any atom is 1.00 e. The monoisotopic (exact) mass is 296 g/mol. The van der Waals surface area contributed by atoms with Crippen LogP contribution >= 0.6 is 0 Å². The molecule has 21 heavy (non-hydrogen) atoms. The Morgan fingerprint density at radius 1 is 0.952 bits per heavy atom. The average Bonchev–Trinajstić information content (AvgIpc) is 2.49. The van der Waals surface area contributed by atoms with Crippen molar-refractivity contribution in [2.24, 2.45) is 0 Å². The summed E-state index contributed by atoms with van der Waals surface area (Å²) < 4.78 is 4.46. The Morgan fingerprint density at radius 2 is 1.48 bits per heavy atom. The van der Waals surface area contributed by atoms with Crippen molar-refractivity contribution in [3.8, 4) is 5.75 Å². The number of esters is 1. The molecule has 0 amide bonds. The topological polar surface area (TPSA) is 86.7 Å². The number of aromatic carboxylic acids is 1. The standard InChI is InChI=1S/C8H8O3.C7H6O2.Na/c1-11-8(10)6-2-4-7(9)5-3-6;8-7(9)6-4-2-1-3-5-6;/h2-5,9H,1H3;1-5H,(H,8,9);/q;;+1/p-1. The van der Waals surface area contributed by atoms with Crippen molar-refractivity contribution < 1.29 is 54.1 Å². The summed E-state index contributed by atoms with van der Waals surface area (Å²) in [4.78, 5) is 20.9. The summed E-state index contributed by atoms with van der Waals surface area (Å²) in [5, 5.41) is 18.9. The number of aromatic hydroxyl groups is 1. The summed E-state index contributed by atoms with van der Waals surface area (Å²) in [6.45, 7) is 0. The minimum Gasteiger partial charge on any atom is -0.545 e. The van der Waals surface area contributed by atoms with E-state index in [1.54, 1.807) is 18.2 Å². The number of hydrogen-bond donors (Lipinski definition) is 1. The summed E-state index contributed by atoms with van der Waals surface area (Å²) >= 11 is 0. The number of carboxylic acids is 1. The van der Waals surface area contributed by atoms with Crippen molar-refractivity contribution in [3.63, 3.8) is 0 Å². The van der Waals surface area contributed by atoms with Gasteiger partial charge in [0.05, 0.1) is 18.6 Å². The van der Waals surface area contributed by atoms with Gasteiger partial charge in [-0.2, -0.15) is 0 Å². The summed E-state index contributed by atoms with van der Waals surface area (Å²) in [5.74, 6) is -1.39. The van der Waals surface area contributed by atoms with Gasteiger partial charge in [0.1, 0.15) is 5.75 Å². The SMILES string of the molecule is COC(=O)c1ccc(O)cc1.O=C([O-])c1ccccc1.[Na+]. The number of ether oxygens (including phenoxy) is 1. The van der Waals surface area contributed by atoms with Crippen LogP contribution in [0.3, 0.4) is 0 Å². The molecule has 0 unspecified atom stereocenters. The Labute approximate surface area is 144 Å². The Hall–Kier alpha value is -1.82. The van der Waals surface area contributed by atoms with Crippen molar-refractivity contribution in [1.29, 1.82) is 0 Å². The fourth-order valence-electron chi connectivity index (χ4n) is 1.29. The van der Waals surface area contributed by atoms with Crippen LogP contribution in [0, 0.1) is 0 Å². The molecule has 0 aliphatic carbocycles. The van der Waals surface area contributed by atoms with Gasteiger partial charge in [0.15, 0.2) is 0 Å². The first-order valence-electron chi connectivity index (χ1n) is 5.68. The largest absolute Gasteiger partial charge is 1.00 e. The van der Waals surface area contributed by atoms with E-state index in [1.165, 1.54) is 43.5 Å². The van der Waals surface area contributed by atoms with Crippen molar-refractivity contribution >= 4 is 11.9 Å². The molecule has 1 N–H and O–H groups in total. The summed E-state index contributed by atoms with van der Waals surface area (Å²) in [5.41, 5.74) is 0.655. The van der Waals surface area contributed by atoms with E-state index in [0.29, 0.717) is 5.56 Å². The molecule has 0 atom stereocenters. The van der Waals surface area contributed by atoms with Gasteiger partial charge in [0, 0.05) is 0 Å². The summed E-state index contributed by atoms with van der Waals surface area (Å²) in [6, 6.07) is 13.9. The molecule has 0 saturated heterocycles. The molecular weight excluding hydrogens is 283 g/mol. The summed E-state index contributed by atoms with van der Waals surface area (Å²) in [7, 11) is 1.31. The number of carboxylic acid groups (broad SMARTS) is 1.